The van der Waals surface area contributed by atoms with E-state index in [4.69, 9.17) is 0 Å². The van der Waals surface area contributed by atoms with Crippen molar-refractivity contribution in [2.45, 2.75) is 26.2 Å². The van der Waals surface area contributed by atoms with Crippen LogP contribution in [0.3, 0.4) is 0 Å². The minimum Gasteiger partial charge on any atom is -0.355 e. The summed E-state index contributed by atoms with van der Waals surface area (Å²) in [4.78, 5) is 3.48. The van der Waals surface area contributed by atoms with Crippen LogP contribution in [0.25, 0.3) is 22.2 Å². The van der Waals surface area contributed by atoms with Crippen LogP contribution in [0.15, 0.2) is 53.0 Å². The normalized spacial score (nSPS) is 12.0. The summed E-state index contributed by atoms with van der Waals surface area (Å²) < 4.78 is 1.11. The zero-order valence-electron chi connectivity index (χ0n) is 12.0. The molecule has 3 aromatic rings. The number of halogens is 1. The smallest absolute Gasteiger partial charge is 0.0464 e. The molecule has 1 aromatic heterocycles. The predicted molar refractivity (Wildman–Crippen MR) is 90.1 cm³/mol. The lowest BCUT2D eigenvalue weighted by molar-refractivity contribution is 0.590. The van der Waals surface area contributed by atoms with Gasteiger partial charge in [0.05, 0.1) is 0 Å². The number of rotatable bonds is 1. The Kier molecular flexibility index (Phi) is 3.21. The molecule has 2 heteroatoms. The van der Waals surface area contributed by atoms with Crippen molar-refractivity contribution in [3.05, 3.63) is 58.6 Å². The Balaban J connectivity index is 2.02. The van der Waals surface area contributed by atoms with E-state index in [1.165, 1.54) is 27.7 Å². The van der Waals surface area contributed by atoms with Gasteiger partial charge in [-0.3, -0.25) is 0 Å². The van der Waals surface area contributed by atoms with Gasteiger partial charge >= 0.3 is 0 Å². The first-order valence-corrected chi connectivity index (χ1v) is 7.62. The van der Waals surface area contributed by atoms with Gasteiger partial charge in [-0.15, -0.1) is 0 Å². The summed E-state index contributed by atoms with van der Waals surface area (Å²) in [5.41, 5.74) is 5.12. The molecule has 3 rings (SSSR count). The van der Waals surface area contributed by atoms with Crippen molar-refractivity contribution in [3.63, 3.8) is 0 Å². The molecule has 1 N–H and O–H groups in total. The molecule has 0 amide bonds. The molecule has 0 unspecified atom stereocenters. The molecule has 0 saturated heterocycles. The van der Waals surface area contributed by atoms with E-state index < -0.39 is 0 Å². The molecule has 20 heavy (non-hydrogen) atoms. The minimum absolute atomic E-state index is 0.198. The number of nitrogens with one attached hydrogen (secondary N) is 1. The Morgan fingerprint density at radius 3 is 2.25 bits per heavy atom. The Bertz CT molecular complexity index is 745. The van der Waals surface area contributed by atoms with Crippen LogP contribution >= 0.6 is 15.9 Å². The molecule has 102 valence electrons. The van der Waals surface area contributed by atoms with E-state index in [0.29, 0.717) is 0 Å². The summed E-state index contributed by atoms with van der Waals surface area (Å²) in [6, 6.07) is 17.3. The van der Waals surface area contributed by atoms with Crippen molar-refractivity contribution in [2.75, 3.05) is 0 Å². The molecular formula is C18H18BrN. The number of hydrogen-bond donors (Lipinski definition) is 1. The third-order valence-electron chi connectivity index (χ3n) is 3.64. The van der Waals surface area contributed by atoms with Crippen molar-refractivity contribution in [1.29, 1.82) is 0 Å². The molecule has 2 aromatic carbocycles. The number of H-pyrrole nitrogens is 1. The van der Waals surface area contributed by atoms with Gasteiger partial charge in [0, 0.05) is 21.1 Å². The average Bonchev–Trinajstić information content (AvgIpc) is 2.80. The summed E-state index contributed by atoms with van der Waals surface area (Å²) in [7, 11) is 0. The van der Waals surface area contributed by atoms with Crippen LogP contribution in [-0.2, 0) is 5.41 Å². The molecule has 1 heterocycles. The second kappa shape index (κ2) is 4.78. The van der Waals surface area contributed by atoms with Crippen molar-refractivity contribution in [1.82, 2.24) is 4.98 Å². The van der Waals surface area contributed by atoms with E-state index in [0.717, 1.165) is 4.47 Å². The summed E-state index contributed by atoms with van der Waals surface area (Å²) >= 11 is 3.52. The molecule has 0 aliphatic heterocycles. The highest BCUT2D eigenvalue weighted by Crippen LogP contribution is 2.28. The molecule has 0 saturated carbocycles. The van der Waals surface area contributed by atoms with Gasteiger partial charge in [-0.05, 0) is 40.8 Å². The van der Waals surface area contributed by atoms with E-state index in [1.807, 2.05) is 0 Å². The maximum absolute atomic E-state index is 3.52. The standard InChI is InChI=1S/C18H18BrN/c1-18(2,3)14-6-4-12(5-7-14)17-11-13-10-15(19)8-9-16(13)20-17/h4-11,20H,1-3H3. The highest BCUT2D eigenvalue weighted by Gasteiger charge is 2.13. The third kappa shape index (κ3) is 2.53. The fourth-order valence-corrected chi connectivity index (χ4v) is 2.79. The number of hydrogen-bond acceptors (Lipinski definition) is 0. The summed E-state index contributed by atoms with van der Waals surface area (Å²) in [5.74, 6) is 0. The third-order valence-corrected chi connectivity index (χ3v) is 4.14. The van der Waals surface area contributed by atoms with Crippen molar-refractivity contribution < 1.29 is 0 Å². The zero-order valence-corrected chi connectivity index (χ0v) is 13.6. The number of benzene rings is 2. The van der Waals surface area contributed by atoms with Crippen LogP contribution in [0.5, 0.6) is 0 Å². The van der Waals surface area contributed by atoms with E-state index in [9.17, 15) is 0 Å². The van der Waals surface area contributed by atoms with Crippen LogP contribution < -0.4 is 0 Å². The Labute approximate surface area is 128 Å². The second-order valence-electron chi connectivity index (χ2n) is 6.24. The molecule has 0 bridgehead atoms. The minimum atomic E-state index is 0.198. The maximum atomic E-state index is 3.52. The van der Waals surface area contributed by atoms with Crippen LogP contribution in [0.4, 0.5) is 0 Å². The van der Waals surface area contributed by atoms with Crippen LogP contribution in [0.2, 0.25) is 0 Å². The lowest BCUT2D eigenvalue weighted by Crippen LogP contribution is -2.10. The largest absolute Gasteiger partial charge is 0.355 e. The van der Waals surface area contributed by atoms with Gasteiger partial charge in [0.1, 0.15) is 0 Å². The first-order valence-electron chi connectivity index (χ1n) is 6.83. The zero-order chi connectivity index (χ0) is 14.3. The first kappa shape index (κ1) is 13.4. The van der Waals surface area contributed by atoms with Crippen LogP contribution in [0, 0.1) is 0 Å². The van der Waals surface area contributed by atoms with Gasteiger partial charge in [0.25, 0.3) is 0 Å². The lowest BCUT2D eigenvalue weighted by atomic mass is 9.86. The van der Waals surface area contributed by atoms with E-state index in [2.05, 4.69) is 90.2 Å². The number of fused-ring (bicyclic) bond motifs is 1. The van der Waals surface area contributed by atoms with Crippen LogP contribution in [-0.4, -0.2) is 4.98 Å². The van der Waals surface area contributed by atoms with Crippen molar-refractivity contribution in [2.24, 2.45) is 0 Å². The monoisotopic (exact) mass is 327 g/mol. The van der Waals surface area contributed by atoms with Gasteiger partial charge in [0.2, 0.25) is 0 Å². The molecule has 1 nitrogen and oxygen atoms in total. The Morgan fingerprint density at radius 1 is 0.900 bits per heavy atom. The van der Waals surface area contributed by atoms with Gasteiger partial charge in [-0.1, -0.05) is 61.0 Å². The second-order valence-corrected chi connectivity index (χ2v) is 7.16. The fraction of sp³-hybridized carbons (Fsp3) is 0.222. The highest BCUT2D eigenvalue weighted by molar-refractivity contribution is 9.10. The van der Waals surface area contributed by atoms with E-state index in [1.54, 1.807) is 0 Å². The lowest BCUT2D eigenvalue weighted by Gasteiger charge is -2.19. The van der Waals surface area contributed by atoms with Crippen molar-refractivity contribution in [3.8, 4) is 11.3 Å². The van der Waals surface area contributed by atoms with Crippen LogP contribution in [0.1, 0.15) is 26.3 Å². The van der Waals surface area contributed by atoms with Gasteiger partial charge < -0.3 is 4.98 Å². The molecule has 0 aliphatic rings. The SMILES string of the molecule is CC(C)(C)c1ccc(-c2cc3cc(Br)ccc3[nH]2)cc1. The van der Waals surface area contributed by atoms with Gasteiger partial charge in [-0.2, -0.15) is 0 Å². The molecule has 0 atom stereocenters. The molecule has 0 radical (unpaired) electrons. The highest BCUT2D eigenvalue weighted by atomic mass is 79.9. The van der Waals surface area contributed by atoms with E-state index >= 15 is 0 Å². The fourth-order valence-electron chi connectivity index (χ4n) is 2.41. The molecule has 0 spiro atoms. The van der Waals surface area contributed by atoms with Gasteiger partial charge in [-0.25, -0.2) is 0 Å². The number of aromatic nitrogens is 1. The number of aromatic amines is 1. The summed E-state index contributed by atoms with van der Waals surface area (Å²) in [5, 5.41) is 1.23. The summed E-state index contributed by atoms with van der Waals surface area (Å²) in [6.07, 6.45) is 0. The average molecular weight is 328 g/mol. The van der Waals surface area contributed by atoms with E-state index in [-0.39, 0.29) is 5.41 Å². The predicted octanol–water partition coefficient (Wildman–Crippen LogP) is 5.89. The molecule has 0 fully saturated rings. The van der Waals surface area contributed by atoms with Gasteiger partial charge in [0.15, 0.2) is 0 Å². The Morgan fingerprint density at radius 2 is 1.60 bits per heavy atom. The first-order chi connectivity index (χ1) is 9.43. The maximum Gasteiger partial charge on any atom is 0.0464 e. The van der Waals surface area contributed by atoms with Crippen molar-refractivity contribution >= 4 is 26.8 Å². The molecule has 0 aliphatic carbocycles. The Hall–Kier alpha value is -1.54. The molecular weight excluding hydrogens is 310 g/mol. The quantitative estimate of drug-likeness (QED) is 0.573. The topological polar surface area (TPSA) is 15.8 Å². The summed E-state index contributed by atoms with van der Waals surface area (Å²) in [6.45, 7) is 6.72.